The molecule has 0 bridgehead atoms. The van der Waals surface area contributed by atoms with E-state index in [0.29, 0.717) is 26.2 Å². The summed E-state index contributed by atoms with van der Waals surface area (Å²) in [6.45, 7) is 3.00. The lowest BCUT2D eigenvalue weighted by atomic mass is 10.2. The number of rotatable bonds is 7. The van der Waals surface area contributed by atoms with Crippen LogP contribution in [0.1, 0.15) is 13.3 Å². The Balaban J connectivity index is 3.27. The highest BCUT2D eigenvalue weighted by atomic mass is 16.5. The number of hydrogen-bond donors (Lipinski definition) is 3. The number of amides is 1. The van der Waals surface area contributed by atoms with E-state index in [4.69, 9.17) is 15.6 Å². The molecule has 0 heterocycles. The molecule has 5 nitrogen and oxygen atoms in total. The third-order valence-corrected chi connectivity index (χ3v) is 1.56. The molecule has 78 valence electrons. The van der Waals surface area contributed by atoms with Crippen LogP contribution in [0, 0.1) is 0 Å². The number of ether oxygens (including phenoxy) is 1. The lowest BCUT2D eigenvalue weighted by Crippen LogP contribution is -2.41. The van der Waals surface area contributed by atoms with Crippen molar-refractivity contribution < 1.29 is 14.6 Å². The monoisotopic (exact) mass is 190 g/mol. The van der Waals surface area contributed by atoms with Crippen LogP contribution in [0.25, 0.3) is 0 Å². The first-order chi connectivity index (χ1) is 6.22. The molecule has 5 heteroatoms. The van der Waals surface area contributed by atoms with E-state index in [2.05, 4.69) is 5.32 Å². The number of carbonyl (C=O) groups excluding carboxylic acids is 1. The molecule has 0 aliphatic carbocycles. The number of hydrogen-bond acceptors (Lipinski definition) is 4. The van der Waals surface area contributed by atoms with Crippen molar-refractivity contribution in [2.45, 2.75) is 19.4 Å². The van der Waals surface area contributed by atoms with Crippen LogP contribution in [0.4, 0.5) is 0 Å². The highest BCUT2D eigenvalue weighted by molar-refractivity contribution is 5.81. The van der Waals surface area contributed by atoms with Crippen molar-refractivity contribution in [3.8, 4) is 0 Å². The Morgan fingerprint density at radius 3 is 2.85 bits per heavy atom. The average molecular weight is 190 g/mol. The second kappa shape index (κ2) is 7.97. The third-order valence-electron chi connectivity index (χ3n) is 1.56. The number of aliphatic hydroxyl groups excluding tert-OH is 1. The number of carbonyl (C=O) groups is 1. The zero-order valence-corrected chi connectivity index (χ0v) is 7.95. The van der Waals surface area contributed by atoms with Gasteiger partial charge in [0.1, 0.15) is 0 Å². The second-order valence-electron chi connectivity index (χ2n) is 2.64. The molecular weight excluding hydrogens is 172 g/mol. The highest BCUT2D eigenvalue weighted by Crippen LogP contribution is 1.84. The maximum absolute atomic E-state index is 11.1. The van der Waals surface area contributed by atoms with Gasteiger partial charge in [0.2, 0.25) is 5.91 Å². The molecule has 0 aromatic carbocycles. The van der Waals surface area contributed by atoms with E-state index in [1.165, 1.54) is 0 Å². The Morgan fingerprint density at radius 1 is 1.62 bits per heavy atom. The highest BCUT2D eigenvalue weighted by Gasteiger charge is 2.08. The molecule has 0 saturated carbocycles. The molecule has 0 radical (unpaired) electrons. The van der Waals surface area contributed by atoms with Gasteiger partial charge in [-0.05, 0) is 6.42 Å². The molecule has 0 fully saturated rings. The maximum Gasteiger partial charge on any atom is 0.236 e. The summed E-state index contributed by atoms with van der Waals surface area (Å²) in [6, 6.07) is -0.433. The smallest absolute Gasteiger partial charge is 0.236 e. The number of nitrogens with two attached hydrogens (primary N) is 1. The molecule has 0 rings (SSSR count). The van der Waals surface area contributed by atoms with Gasteiger partial charge >= 0.3 is 0 Å². The van der Waals surface area contributed by atoms with E-state index in [0.717, 1.165) is 0 Å². The molecular formula is C8H18N2O3. The quantitative estimate of drug-likeness (QED) is 0.442. The van der Waals surface area contributed by atoms with Crippen molar-refractivity contribution in [2.24, 2.45) is 5.73 Å². The summed E-state index contributed by atoms with van der Waals surface area (Å²) < 4.78 is 4.94. The Morgan fingerprint density at radius 2 is 2.31 bits per heavy atom. The second-order valence-corrected chi connectivity index (χ2v) is 2.64. The zero-order valence-electron chi connectivity index (χ0n) is 7.95. The molecule has 0 aliphatic heterocycles. The predicted molar refractivity (Wildman–Crippen MR) is 49.2 cm³/mol. The number of nitrogens with one attached hydrogen (secondary N) is 1. The van der Waals surface area contributed by atoms with Crippen molar-refractivity contribution in [1.29, 1.82) is 0 Å². The minimum atomic E-state index is -0.433. The lowest BCUT2D eigenvalue weighted by molar-refractivity contribution is -0.122. The first kappa shape index (κ1) is 12.3. The SMILES string of the molecule is CC[C@@H](N)C(=O)NCCOCCO. The largest absolute Gasteiger partial charge is 0.394 e. The normalized spacial score (nSPS) is 12.5. The van der Waals surface area contributed by atoms with Crippen molar-refractivity contribution in [3.05, 3.63) is 0 Å². The van der Waals surface area contributed by atoms with Gasteiger partial charge in [0.25, 0.3) is 0 Å². The molecule has 0 aliphatic rings. The lowest BCUT2D eigenvalue weighted by Gasteiger charge is -2.09. The van der Waals surface area contributed by atoms with Gasteiger partial charge in [0.05, 0.1) is 25.9 Å². The maximum atomic E-state index is 11.1. The summed E-state index contributed by atoms with van der Waals surface area (Å²) in [5.74, 6) is -0.157. The molecule has 13 heavy (non-hydrogen) atoms. The van der Waals surface area contributed by atoms with Crippen LogP contribution in [0.15, 0.2) is 0 Å². The van der Waals surface area contributed by atoms with Gasteiger partial charge in [-0.25, -0.2) is 0 Å². The fraction of sp³-hybridized carbons (Fsp3) is 0.875. The summed E-state index contributed by atoms with van der Waals surface area (Å²) in [4.78, 5) is 11.1. The summed E-state index contributed by atoms with van der Waals surface area (Å²) in [5, 5.41) is 11.0. The van der Waals surface area contributed by atoms with Gasteiger partial charge in [-0.1, -0.05) is 6.92 Å². The van der Waals surface area contributed by atoms with Gasteiger partial charge in [-0.15, -0.1) is 0 Å². The van der Waals surface area contributed by atoms with Crippen molar-refractivity contribution in [3.63, 3.8) is 0 Å². The van der Waals surface area contributed by atoms with E-state index >= 15 is 0 Å². The van der Waals surface area contributed by atoms with Gasteiger partial charge in [0, 0.05) is 6.54 Å². The topological polar surface area (TPSA) is 84.6 Å². The first-order valence-electron chi connectivity index (χ1n) is 4.44. The first-order valence-corrected chi connectivity index (χ1v) is 4.44. The van der Waals surface area contributed by atoms with Crippen LogP contribution >= 0.6 is 0 Å². The van der Waals surface area contributed by atoms with E-state index < -0.39 is 6.04 Å². The average Bonchev–Trinajstić information content (AvgIpc) is 2.16. The minimum absolute atomic E-state index is 0.00240. The molecule has 4 N–H and O–H groups in total. The fourth-order valence-electron chi connectivity index (χ4n) is 0.730. The molecule has 1 atom stereocenters. The Hall–Kier alpha value is -0.650. The molecule has 0 aromatic rings. The summed E-state index contributed by atoms with van der Waals surface area (Å²) in [5.41, 5.74) is 5.46. The van der Waals surface area contributed by atoms with Crippen molar-refractivity contribution in [2.75, 3.05) is 26.4 Å². The Kier molecular flexibility index (Phi) is 7.57. The van der Waals surface area contributed by atoms with Crippen LogP contribution in [0.3, 0.4) is 0 Å². The summed E-state index contributed by atoms with van der Waals surface area (Å²) >= 11 is 0. The molecule has 1 amide bonds. The van der Waals surface area contributed by atoms with E-state index in [1.807, 2.05) is 6.92 Å². The van der Waals surface area contributed by atoms with Crippen molar-refractivity contribution in [1.82, 2.24) is 5.32 Å². The molecule has 0 saturated heterocycles. The minimum Gasteiger partial charge on any atom is -0.394 e. The van der Waals surface area contributed by atoms with Crippen LogP contribution in [-0.2, 0) is 9.53 Å². The fourth-order valence-corrected chi connectivity index (χ4v) is 0.730. The van der Waals surface area contributed by atoms with Crippen LogP contribution in [-0.4, -0.2) is 43.4 Å². The van der Waals surface area contributed by atoms with Gasteiger partial charge < -0.3 is 20.9 Å². The molecule has 0 unspecified atom stereocenters. The Labute approximate surface area is 78.3 Å². The predicted octanol–water partition coefficient (Wildman–Crippen LogP) is -1.15. The van der Waals surface area contributed by atoms with E-state index in [-0.39, 0.29) is 12.5 Å². The van der Waals surface area contributed by atoms with E-state index in [1.54, 1.807) is 0 Å². The van der Waals surface area contributed by atoms with Crippen molar-refractivity contribution >= 4 is 5.91 Å². The summed E-state index contributed by atoms with van der Waals surface area (Å²) in [6.07, 6.45) is 0.628. The molecule has 0 aromatic heterocycles. The van der Waals surface area contributed by atoms with Gasteiger partial charge in [0.15, 0.2) is 0 Å². The number of aliphatic hydroxyl groups is 1. The van der Waals surface area contributed by atoms with Crippen LogP contribution in [0.5, 0.6) is 0 Å². The molecule has 0 spiro atoms. The van der Waals surface area contributed by atoms with E-state index in [9.17, 15) is 4.79 Å². The summed E-state index contributed by atoms with van der Waals surface area (Å²) in [7, 11) is 0. The third kappa shape index (κ3) is 6.51. The van der Waals surface area contributed by atoms with Crippen LogP contribution < -0.4 is 11.1 Å². The van der Waals surface area contributed by atoms with Gasteiger partial charge in [-0.2, -0.15) is 0 Å². The van der Waals surface area contributed by atoms with Gasteiger partial charge in [-0.3, -0.25) is 4.79 Å². The Bertz CT molecular complexity index is 141. The standard InChI is InChI=1S/C8H18N2O3/c1-2-7(9)8(12)10-3-5-13-6-4-11/h7,11H,2-6,9H2,1H3,(H,10,12)/t7-/m1/s1. The zero-order chi connectivity index (χ0) is 10.1. The van der Waals surface area contributed by atoms with Crippen LogP contribution in [0.2, 0.25) is 0 Å².